The summed E-state index contributed by atoms with van der Waals surface area (Å²) in [6, 6.07) is 0. The number of fused-ring (bicyclic) bond motifs is 1. The Morgan fingerprint density at radius 1 is 1.30 bits per heavy atom. The number of hydrogen-bond acceptors (Lipinski definition) is 2. The number of rotatable bonds is 0. The van der Waals surface area contributed by atoms with E-state index in [2.05, 4.69) is 9.39 Å². The maximum Gasteiger partial charge on any atom is 0.174 e. The molecule has 1 unspecified atom stereocenters. The molecule has 0 fully saturated rings. The normalized spacial score (nSPS) is 27.8. The van der Waals surface area contributed by atoms with E-state index in [1.54, 1.807) is 18.4 Å². The maximum atomic E-state index is 11.0. The van der Waals surface area contributed by atoms with E-state index >= 15 is 0 Å². The monoisotopic (exact) mass is 152 g/mol. The van der Waals surface area contributed by atoms with Gasteiger partial charge < -0.3 is 0 Å². The number of allylic oxidation sites excluding steroid dienone is 2. The Bertz CT molecular complexity index is 306. The lowest BCUT2D eigenvalue weighted by atomic mass is 10.4. The zero-order chi connectivity index (χ0) is 6.97. The van der Waals surface area contributed by atoms with Crippen molar-refractivity contribution in [1.29, 1.82) is 0 Å². The third-order valence-corrected chi connectivity index (χ3v) is 2.30. The smallest absolute Gasteiger partial charge is 0.174 e. The highest BCUT2D eigenvalue weighted by Gasteiger charge is 2.16. The molecule has 0 amide bonds. The van der Waals surface area contributed by atoms with Crippen LogP contribution < -0.4 is 0 Å². The van der Waals surface area contributed by atoms with Crippen molar-refractivity contribution in [3.05, 3.63) is 22.8 Å². The Kier molecular flexibility index (Phi) is 1.14. The molecule has 0 aliphatic carbocycles. The molecular formula is C6H4N2OS. The Hall–Kier alpha value is -1.03. The largest absolute Gasteiger partial charge is 0.255 e. The van der Waals surface area contributed by atoms with Gasteiger partial charge in [0.1, 0.15) is 0 Å². The van der Waals surface area contributed by atoms with Gasteiger partial charge in [-0.1, -0.05) is 0 Å². The van der Waals surface area contributed by atoms with Crippen LogP contribution in [0.4, 0.5) is 0 Å². The Morgan fingerprint density at radius 3 is 3.00 bits per heavy atom. The lowest BCUT2D eigenvalue weighted by molar-refractivity contribution is 0.688. The lowest BCUT2D eigenvalue weighted by Crippen LogP contribution is -1.96. The Labute approximate surface area is 60.5 Å². The van der Waals surface area contributed by atoms with Crippen molar-refractivity contribution in [2.75, 3.05) is 0 Å². The number of hydrogen-bond donors (Lipinski definition) is 0. The van der Waals surface area contributed by atoms with Crippen molar-refractivity contribution in [2.45, 2.75) is 0 Å². The molecule has 0 aromatic heterocycles. The lowest BCUT2D eigenvalue weighted by Gasteiger charge is -2.00. The van der Waals surface area contributed by atoms with Crippen LogP contribution in [-0.2, 0) is 11.0 Å². The summed E-state index contributed by atoms with van der Waals surface area (Å²) in [7, 11) is -1.21. The molecule has 0 bridgehead atoms. The highest BCUT2D eigenvalue weighted by atomic mass is 32.2. The van der Waals surface area contributed by atoms with Crippen LogP contribution in [0.3, 0.4) is 0 Å². The van der Waals surface area contributed by atoms with Crippen molar-refractivity contribution >= 4 is 23.4 Å². The molecule has 0 radical (unpaired) electrons. The Morgan fingerprint density at radius 2 is 2.20 bits per heavy atom. The molecule has 0 saturated heterocycles. The topological polar surface area (TPSA) is 41.8 Å². The van der Waals surface area contributed by atoms with Crippen molar-refractivity contribution < 1.29 is 4.21 Å². The van der Waals surface area contributed by atoms with Gasteiger partial charge in [-0.25, -0.2) is 4.21 Å². The van der Waals surface area contributed by atoms with E-state index in [4.69, 9.17) is 0 Å². The molecule has 0 aromatic rings. The zero-order valence-electron chi connectivity index (χ0n) is 5.02. The van der Waals surface area contributed by atoms with Gasteiger partial charge in [0.05, 0.1) is 10.6 Å². The van der Waals surface area contributed by atoms with Crippen LogP contribution in [0.1, 0.15) is 0 Å². The van der Waals surface area contributed by atoms with Crippen LogP contribution in [0.15, 0.2) is 32.1 Å². The van der Waals surface area contributed by atoms with E-state index in [9.17, 15) is 4.21 Å². The molecule has 10 heavy (non-hydrogen) atoms. The van der Waals surface area contributed by atoms with Gasteiger partial charge in [-0.15, -0.1) is 0 Å². The molecule has 0 aromatic carbocycles. The predicted octanol–water partition coefficient (Wildman–Crippen LogP) is 0.587. The molecule has 4 heteroatoms. The fraction of sp³-hybridized carbons (Fsp3) is 0. The van der Waals surface area contributed by atoms with Crippen LogP contribution in [0, 0.1) is 0 Å². The van der Waals surface area contributed by atoms with Crippen molar-refractivity contribution in [3.63, 3.8) is 0 Å². The van der Waals surface area contributed by atoms with Crippen LogP contribution in [0.25, 0.3) is 0 Å². The van der Waals surface area contributed by atoms with E-state index in [1.807, 2.05) is 0 Å². The van der Waals surface area contributed by atoms with Gasteiger partial charge in [0.2, 0.25) is 0 Å². The van der Waals surface area contributed by atoms with E-state index in [0.717, 1.165) is 5.70 Å². The molecule has 0 N–H and O–H groups in total. The second-order valence-electron chi connectivity index (χ2n) is 1.86. The summed E-state index contributed by atoms with van der Waals surface area (Å²) in [6.07, 6.45) is 6.62. The zero-order valence-corrected chi connectivity index (χ0v) is 5.84. The third kappa shape index (κ3) is 0.690. The van der Waals surface area contributed by atoms with Crippen molar-refractivity contribution in [1.82, 2.24) is 0 Å². The van der Waals surface area contributed by atoms with Crippen LogP contribution in [-0.4, -0.2) is 16.6 Å². The summed E-state index contributed by atoms with van der Waals surface area (Å²) >= 11 is 0. The van der Waals surface area contributed by atoms with E-state index < -0.39 is 11.0 Å². The number of nitrogens with zero attached hydrogens (tertiary/aromatic N) is 2. The summed E-state index contributed by atoms with van der Waals surface area (Å²) in [5.41, 5.74) is 0.772. The van der Waals surface area contributed by atoms with E-state index in [-0.39, 0.29) is 0 Å². The average molecular weight is 152 g/mol. The third-order valence-electron chi connectivity index (χ3n) is 1.27. The second kappa shape index (κ2) is 1.98. The van der Waals surface area contributed by atoms with Gasteiger partial charge in [-0.05, 0) is 12.2 Å². The highest BCUT2D eigenvalue weighted by Crippen LogP contribution is 2.22. The molecular weight excluding hydrogens is 148 g/mol. The van der Waals surface area contributed by atoms with Gasteiger partial charge in [-0.2, -0.15) is 4.40 Å². The van der Waals surface area contributed by atoms with Gasteiger partial charge in [-0.3, -0.25) is 4.99 Å². The molecule has 3 nitrogen and oxygen atoms in total. The van der Waals surface area contributed by atoms with E-state index in [1.165, 1.54) is 6.21 Å². The predicted molar refractivity (Wildman–Crippen MR) is 41.3 cm³/mol. The molecule has 1 atom stereocenters. The quantitative estimate of drug-likeness (QED) is 0.500. The Balaban J connectivity index is 2.54. The molecule has 2 aliphatic heterocycles. The molecule has 50 valence electrons. The first-order chi connectivity index (χ1) is 4.88. The molecule has 2 heterocycles. The van der Waals surface area contributed by atoms with E-state index in [0.29, 0.717) is 4.91 Å². The first-order valence-electron chi connectivity index (χ1n) is 2.79. The summed E-state index contributed by atoms with van der Waals surface area (Å²) in [4.78, 5) is 4.68. The maximum absolute atomic E-state index is 11.0. The second-order valence-corrected chi connectivity index (χ2v) is 3.01. The van der Waals surface area contributed by atoms with Crippen molar-refractivity contribution in [2.24, 2.45) is 9.39 Å². The fourth-order valence-electron chi connectivity index (χ4n) is 0.820. The molecule has 0 saturated carbocycles. The van der Waals surface area contributed by atoms with Gasteiger partial charge in [0.25, 0.3) is 0 Å². The fourth-order valence-corrected chi connectivity index (χ4v) is 1.58. The minimum Gasteiger partial charge on any atom is -0.255 e. The summed E-state index contributed by atoms with van der Waals surface area (Å²) in [5.74, 6) is 0. The first kappa shape index (κ1) is 5.73. The molecule has 2 rings (SSSR count). The minimum absolute atomic E-state index is 0.711. The highest BCUT2D eigenvalue weighted by molar-refractivity contribution is 7.88. The van der Waals surface area contributed by atoms with Crippen LogP contribution >= 0.6 is 0 Å². The SMILES string of the molecule is O=S1N=CC=C2N=CC=C21. The summed E-state index contributed by atoms with van der Waals surface area (Å²) in [6.45, 7) is 0. The van der Waals surface area contributed by atoms with Gasteiger partial charge in [0, 0.05) is 12.4 Å². The van der Waals surface area contributed by atoms with Gasteiger partial charge in [0.15, 0.2) is 11.0 Å². The standard InChI is InChI=1S/C6H4N2OS/c9-10-6-2-3-7-5(6)1-4-8-10/h1-4H. The van der Waals surface area contributed by atoms with Crippen LogP contribution in [0.2, 0.25) is 0 Å². The molecule has 2 aliphatic rings. The van der Waals surface area contributed by atoms with Gasteiger partial charge >= 0.3 is 0 Å². The number of aliphatic imine (C=N–C) groups is 1. The average Bonchev–Trinajstić information content (AvgIpc) is 2.36. The minimum atomic E-state index is -1.21. The van der Waals surface area contributed by atoms with Crippen LogP contribution in [0.5, 0.6) is 0 Å². The van der Waals surface area contributed by atoms with Crippen molar-refractivity contribution in [3.8, 4) is 0 Å². The summed E-state index contributed by atoms with van der Waals surface area (Å²) < 4.78 is 14.7. The molecule has 0 spiro atoms. The first-order valence-corrected chi connectivity index (χ1v) is 3.89. The summed E-state index contributed by atoms with van der Waals surface area (Å²) in [5, 5.41) is 0.